The van der Waals surface area contributed by atoms with Crippen LogP contribution in [0.25, 0.3) is 22.1 Å². The van der Waals surface area contributed by atoms with Crippen LogP contribution in [0.1, 0.15) is 27.7 Å². The maximum atomic E-state index is 6.28. The Kier molecular flexibility index (Phi) is 3.08. The van der Waals surface area contributed by atoms with Crippen LogP contribution in [-0.2, 0) is 9.31 Å². The molecule has 1 aromatic carbocycles. The minimum atomic E-state index is -0.498. The van der Waals surface area contributed by atoms with E-state index in [2.05, 4.69) is 4.98 Å². The Morgan fingerprint density at radius 1 is 1.09 bits per heavy atom. The molecule has 23 heavy (non-hydrogen) atoms. The number of fused-ring (bicyclic) bond motifs is 3. The number of pyridine rings is 1. The highest BCUT2D eigenvalue weighted by molar-refractivity contribution is 6.66. The lowest BCUT2D eigenvalue weighted by Crippen LogP contribution is -2.41. The first-order chi connectivity index (χ1) is 10.8. The molecule has 6 heteroatoms. The summed E-state index contributed by atoms with van der Waals surface area (Å²) in [4.78, 5) is 4.28. The van der Waals surface area contributed by atoms with Gasteiger partial charge in [0.1, 0.15) is 5.58 Å². The molecule has 0 bridgehead atoms. The van der Waals surface area contributed by atoms with E-state index < -0.39 is 18.3 Å². The molecule has 1 aliphatic rings. The lowest BCUT2D eigenvalue weighted by atomic mass is 9.76. The monoisotopic (exact) mass is 329 g/mol. The van der Waals surface area contributed by atoms with Crippen molar-refractivity contribution in [1.82, 2.24) is 4.98 Å². The molecule has 0 saturated carbocycles. The Bertz CT molecular complexity index is 903. The number of hydrogen-bond acceptors (Lipinski definition) is 4. The van der Waals surface area contributed by atoms with Gasteiger partial charge in [-0.2, -0.15) is 0 Å². The molecule has 3 heterocycles. The van der Waals surface area contributed by atoms with Crippen molar-refractivity contribution in [3.8, 4) is 0 Å². The van der Waals surface area contributed by atoms with Gasteiger partial charge in [0.25, 0.3) is 0 Å². The SMILES string of the molecule is CC1(C)OB(c2cc(Cl)cc3oc4ncccc4c23)OC1(C)C. The fourth-order valence-corrected chi connectivity index (χ4v) is 3.11. The van der Waals surface area contributed by atoms with E-state index in [1.165, 1.54) is 0 Å². The fourth-order valence-electron chi connectivity index (χ4n) is 2.89. The van der Waals surface area contributed by atoms with Crippen LogP contribution in [0.4, 0.5) is 0 Å². The van der Waals surface area contributed by atoms with Gasteiger partial charge in [-0.25, -0.2) is 4.98 Å². The van der Waals surface area contributed by atoms with Crippen molar-refractivity contribution >= 4 is 46.3 Å². The van der Waals surface area contributed by atoms with Crippen LogP contribution in [0.2, 0.25) is 5.02 Å². The normalized spacial score (nSPS) is 19.8. The average molecular weight is 330 g/mol. The lowest BCUT2D eigenvalue weighted by Gasteiger charge is -2.32. The van der Waals surface area contributed by atoms with Crippen molar-refractivity contribution in [2.45, 2.75) is 38.9 Å². The zero-order valence-corrected chi connectivity index (χ0v) is 14.3. The highest BCUT2D eigenvalue weighted by Gasteiger charge is 2.52. The van der Waals surface area contributed by atoms with Gasteiger partial charge in [-0.05, 0) is 51.4 Å². The Morgan fingerprint density at radius 2 is 1.78 bits per heavy atom. The number of furan rings is 1. The van der Waals surface area contributed by atoms with Gasteiger partial charge in [0.15, 0.2) is 0 Å². The molecule has 4 nitrogen and oxygen atoms in total. The number of halogens is 1. The van der Waals surface area contributed by atoms with Gasteiger partial charge >= 0.3 is 7.12 Å². The molecule has 3 aromatic rings. The Labute approximate surface area is 139 Å². The van der Waals surface area contributed by atoms with Crippen LogP contribution >= 0.6 is 11.6 Å². The molecule has 1 fully saturated rings. The molecule has 0 aliphatic carbocycles. The van der Waals surface area contributed by atoms with Gasteiger partial charge in [-0.1, -0.05) is 11.6 Å². The topological polar surface area (TPSA) is 44.5 Å². The first kappa shape index (κ1) is 15.0. The van der Waals surface area contributed by atoms with Gasteiger partial charge in [0.05, 0.1) is 11.2 Å². The summed E-state index contributed by atoms with van der Waals surface area (Å²) in [5.41, 5.74) is 1.32. The zero-order valence-electron chi connectivity index (χ0n) is 13.5. The summed E-state index contributed by atoms with van der Waals surface area (Å²) in [6.45, 7) is 8.13. The van der Waals surface area contributed by atoms with Crippen molar-refractivity contribution < 1.29 is 13.7 Å². The summed E-state index contributed by atoms with van der Waals surface area (Å²) in [5, 5.41) is 2.46. The summed E-state index contributed by atoms with van der Waals surface area (Å²) in [6.07, 6.45) is 1.71. The summed E-state index contributed by atoms with van der Waals surface area (Å²) < 4.78 is 18.2. The fraction of sp³-hybridized carbons (Fsp3) is 0.353. The quantitative estimate of drug-likeness (QED) is 0.634. The van der Waals surface area contributed by atoms with Crippen molar-refractivity contribution in [2.24, 2.45) is 0 Å². The first-order valence-corrected chi connectivity index (χ1v) is 7.99. The van der Waals surface area contributed by atoms with E-state index in [0.29, 0.717) is 16.3 Å². The van der Waals surface area contributed by atoms with Crippen LogP contribution in [0.15, 0.2) is 34.9 Å². The number of aromatic nitrogens is 1. The van der Waals surface area contributed by atoms with E-state index in [9.17, 15) is 0 Å². The molecule has 0 unspecified atom stereocenters. The van der Waals surface area contributed by atoms with E-state index >= 15 is 0 Å². The second-order valence-electron chi connectivity index (χ2n) is 6.91. The standard InChI is InChI=1S/C17H17BClNO3/c1-16(2)17(3,4)23-18(22-16)12-8-10(19)9-13-14(12)11-6-5-7-20-15(11)21-13/h5-9H,1-4H3. The summed E-state index contributed by atoms with van der Waals surface area (Å²) in [5.74, 6) is 0. The summed E-state index contributed by atoms with van der Waals surface area (Å²) >= 11 is 6.28. The van der Waals surface area contributed by atoms with Gasteiger partial charge in [0.2, 0.25) is 5.71 Å². The molecule has 0 spiro atoms. The van der Waals surface area contributed by atoms with E-state index in [1.807, 2.05) is 45.9 Å². The van der Waals surface area contributed by atoms with Crippen molar-refractivity contribution in [1.29, 1.82) is 0 Å². The zero-order chi connectivity index (χ0) is 16.4. The predicted octanol–water partition coefficient (Wildman–Crippen LogP) is 3.93. The third kappa shape index (κ3) is 2.18. The Balaban J connectivity index is 1.97. The molecule has 0 radical (unpaired) electrons. The lowest BCUT2D eigenvalue weighted by molar-refractivity contribution is 0.00578. The molecular formula is C17H17BClNO3. The third-order valence-electron chi connectivity index (χ3n) is 4.85. The second kappa shape index (κ2) is 4.73. The number of hydrogen-bond donors (Lipinski definition) is 0. The largest absolute Gasteiger partial charge is 0.495 e. The number of rotatable bonds is 1. The van der Waals surface area contributed by atoms with Crippen LogP contribution < -0.4 is 5.46 Å². The summed E-state index contributed by atoms with van der Waals surface area (Å²) in [6, 6.07) is 7.55. The minimum Gasteiger partial charge on any atom is -0.438 e. The number of nitrogens with zero attached hydrogens (tertiary/aromatic N) is 1. The smallest absolute Gasteiger partial charge is 0.438 e. The Hall–Kier alpha value is -1.56. The van der Waals surface area contributed by atoms with Gasteiger partial charge < -0.3 is 13.7 Å². The highest BCUT2D eigenvalue weighted by atomic mass is 35.5. The molecule has 0 atom stereocenters. The third-order valence-corrected chi connectivity index (χ3v) is 5.07. The van der Waals surface area contributed by atoms with Crippen LogP contribution in [0.5, 0.6) is 0 Å². The maximum absolute atomic E-state index is 6.28. The summed E-state index contributed by atoms with van der Waals surface area (Å²) in [7, 11) is -0.498. The van der Waals surface area contributed by atoms with Crippen molar-refractivity contribution in [3.05, 3.63) is 35.5 Å². The predicted molar refractivity (Wildman–Crippen MR) is 92.2 cm³/mol. The van der Waals surface area contributed by atoms with Crippen LogP contribution in [-0.4, -0.2) is 23.3 Å². The highest BCUT2D eigenvalue weighted by Crippen LogP contribution is 2.38. The van der Waals surface area contributed by atoms with Gasteiger partial charge in [-0.3, -0.25) is 0 Å². The van der Waals surface area contributed by atoms with Crippen LogP contribution in [0, 0.1) is 0 Å². The molecular weight excluding hydrogens is 312 g/mol. The minimum absolute atomic E-state index is 0.413. The molecule has 1 aliphatic heterocycles. The first-order valence-electron chi connectivity index (χ1n) is 7.61. The second-order valence-corrected chi connectivity index (χ2v) is 7.35. The molecule has 4 rings (SSSR count). The van der Waals surface area contributed by atoms with Crippen LogP contribution in [0.3, 0.4) is 0 Å². The molecule has 0 N–H and O–H groups in total. The number of benzene rings is 1. The van der Waals surface area contributed by atoms with E-state index in [-0.39, 0.29) is 0 Å². The maximum Gasteiger partial charge on any atom is 0.495 e. The Morgan fingerprint density at radius 3 is 2.48 bits per heavy atom. The average Bonchev–Trinajstić information content (AvgIpc) is 2.92. The van der Waals surface area contributed by atoms with E-state index in [1.54, 1.807) is 12.3 Å². The van der Waals surface area contributed by atoms with Gasteiger partial charge in [-0.15, -0.1) is 0 Å². The molecule has 0 amide bonds. The molecule has 2 aromatic heterocycles. The molecule has 118 valence electrons. The molecule has 1 saturated heterocycles. The van der Waals surface area contributed by atoms with Gasteiger partial charge in [0, 0.05) is 28.1 Å². The van der Waals surface area contributed by atoms with Crippen molar-refractivity contribution in [3.63, 3.8) is 0 Å². The van der Waals surface area contributed by atoms with E-state index in [4.69, 9.17) is 25.3 Å². The van der Waals surface area contributed by atoms with E-state index in [0.717, 1.165) is 16.2 Å². The van der Waals surface area contributed by atoms with Crippen molar-refractivity contribution in [2.75, 3.05) is 0 Å².